The third-order valence-electron chi connectivity index (χ3n) is 2.46. The van der Waals surface area contributed by atoms with Crippen molar-refractivity contribution in [3.05, 3.63) is 51.2 Å². The molecule has 6 heteroatoms. The third-order valence-corrected chi connectivity index (χ3v) is 3.18. The summed E-state index contributed by atoms with van der Waals surface area (Å²) in [5, 5.41) is 1.07. The van der Waals surface area contributed by atoms with Gasteiger partial charge in [-0.15, -0.1) is 0 Å². The van der Waals surface area contributed by atoms with Gasteiger partial charge in [0.15, 0.2) is 0 Å². The van der Waals surface area contributed by atoms with Gasteiger partial charge >= 0.3 is 5.97 Å². The Morgan fingerprint density at radius 2 is 1.79 bits per heavy atom. The average Bonchev–Trinajstić information content (AvgIpc) is 2.36. The summed E-state index contributed by atoms with van der Waals surface area (Å²) in [7, 11) is 1.30. The number of nitrogens with zero attached hydrogens (tertiary/aromatic N) is 1. The fourth-order valence-electron chi connectivity index (χ4n) is 1.69. The molecule has 0 fully saturated rings. The van der Waals surface area contributed by atoms with Crippen LogP contribution in [0.4, 0.5) is 0 Å². The van der Waals surface area contributed by atoms with E-state index < -0.39 is 5.97 Å². The molecule has 0 aliphatic rings. The molecule has 0 spiro atoms. The Morgan fingerprint density at radius 3 is 2.37 bits per heavy atom. The second-order valence-corrected chi connectivity index (χ2v) is 4.90. The predicted octanol–water partition coefficient (Wildman–Crippen LogP) is 4.50. The summed E-state index contributed by atoms with van der Waals surface area (Å²) >= 11 is 18.0. The Morgan fingerprint density at radius 1 is 1.16 bits per heavy atom. The van der Waals surface area contributed by atoms with E-state index in [2.05, 4.69) is 4.98 Å². The molecule has 0 aliphatic heterocycles. The van der Waals surface area contributed by atoms with Crippen LogP contribution in [0.2, 0.25) is 15.2 Å². The molecule has 0 aliphatic carbocycles. The Hall–Kier alpha value is -1.29. The minimum atomic E-state index is -0.504. The highest BCUT2D eigenvalue weighted by molar-refractivity contribution is 6.36. The van der Waals surface area contributed by atoms with Crippen LogP contribution in [0.25, 0.3) is 11.1 Å². The van der Waals surface area contributed by atoms with Crippen LogP contribution in [0, 0.1) is 0 Å². The molecule has 0 unspecified atom stereocenters. The first-order valence-corrected chi connectivity index (χ1v) is 6.35. The number of ether oxygens (including phenoxy) is 1. The van der Waals surface area contributed by atoms with Crippen molar-refractivity contribution >= 4 is 40.8 Å². The van der Waals surface area contributed by atoms with Gasteiger partial charge in [0.25, 0.3) is 0 Å². The van der Waals surface area contributed by atoms with E-state index in [4.69, 9.17) is 39.5 Å². The van der Waals surface area contributed by atoms with Crippen molar-refractivity contribution in [3.8, 4) is 11.1 Å². The van der Waals surface area contributed by atoms with Crippen molar-refractivity contribution in [2.24, 2.45) is 0 Å². The lowest BCUT2D eigenvalue weighted by molar-refractivity contribution is 0.0601. The van der Waals surface area contributed by atoms with Gasteiger partial charge in [-0.25, -0.2) is 9.78 Å². The number of pyridine rings is 1. The first-order chi connectivity index (χ1) is 9.02. The number of carbonyl (C=O) groups excluding carboxylic acids is 1. The van der Waals surface area contributed by atoms with Gasteiger partial charge in [0.05, 0.1) is 12.7 Å². The van der Waals surface area contributed by atoms with Gasteiger partial charge in [-0.05, 0) is 29.8 Å². The average molecular weight is 317 g/mol. The highest BCUT2D eigenvalue weighted by Crippen LogP contribution is 2.33. The number of methoxy groups -OCH3 is 1. The number of benzene rings is 1. The highest BCUT2D eigenvalue weighted by atomic mass is 35.5. The molecular weight excluding hydrogens is 309 g/mol. The van der Waals surface area contributed by atoms with Crippen LogP contribution < -0.4 is 0 Å². The van der Waals surface area contributed by atoms with Gasteiger partial charge < -0.3 is 4.74 Å². The molecule has 0 saturated carbocycles. The molecule has 3 nitrogen and oxygen atoms in total. The number of aromatic nitrogens is 1. The van der Waals surface area contributed by atoms with Crippen molar-refractivity contribution < 1.29 is 9.53 Å². The zero-order chi connectivity index (χ0) is 14.0. The Bertz CT molecular complexity index is 624. The van der Waals surface area contributed by atoms with Crippen LogP contribution in [0.3, 0.4) is 0 Å². The SMILES string of the molecule is COC(=O)c1ccnc(Cl)c1-c1cc(Cl)cc(Cl)c1. The van der Waals surface area contributed by atoms with Gasteiger partial charge in [0.2, 0.25) is 0 Å². The lowest BCUT2D eigenvalue weighted by Gasteiger charge is -2.10. The zero-order valence-electron chi connectivity index (χ0n) is 9.78. The Labute approximate surface area is 125 Å². The van der Waals surface area contributed by atoms with Crippen LogP contribution in [0.5, 0.6) is 0 Å². The molecule has 0 saturated heterocycles. The summed E-state index contributed by atoms with van der Waals surface area (Å²) in [5.74, 6) is -0.504. The maximum atomic E-state index is 11.8. The van der Waals surface area contributed by atoms with Gasteiger partial charge in [0, 0.05) is 21.8 Å². The van der Waals surface area contributed by atoms with Crippen LogP contribution in [-0.4, -0.2) is 18.1 Å². The molecule has 0 radical (unpaired) electrons. The highest BCUT2D eigenvalue weighted by Gasteiger charge is 2.17. The molecule has 1 heterocycles. The monoisotopic (exact) mass is 315 g/mol. The van der Waals surface area contributed by atoms with Crippen molar-refractivity contribution in [3.63, 3.8) is 0 Å². The summed E-state index contributed by atoms with van der Waals surface area (Å²) in [4.78, 5) is 15.7. The molecule has 98 valence electrons. The lowest BCUT2D eigenvalue weighted by Crippen LogP contribution is -2.04. The molecule has 2 rings (SSSR count). The molecule has 19 heavy (non-hydrogen) atoms. The minimum Gasteiger partial charge on any atom is -0.465 e. The van der Waals surface area contributed by atoms with E-state index in [0.717, 1.165) is 0 Å². The van der Waals surface area contributed by atoms with Crippen LogP contribution in [0.15, 0.2) is 30.5 Å². The summed E-state index contributed by atoms with van der Waals surface area (Å²) in [6, 6.07) is 6.43. The van der Waals surface area contributed by atoms with Crippen molar-refractivity contribution in [2.75, 3.05) is 7.11 Å². The number of hydrogen-bond donors (Lipinski definition) is 0. The number of hydrogen-bond acceptors (Lipinski definition) is 3. The summed E-state index contributed by atoms with van der Waals surface area (Å²) in [6.45, 7) is 0. The fraction of sp³-hybridized carbons (Fsp3) is 0.0769. The number of halogens is 3. The van der Waals surface area contributed by atoms with E-state index in [9.17, 15) is 4.79 Å². The normalized spacial score (nSPS) is 10.3. The van der Waals surface area contributed by atoms with Crippen molar-refractivity contribution in [2.45, 2.75) is 0 Å². The maximum absolute atomic E-state index is 11.8. The van der Waals surface area contributed by atoms with Gasteiger partial charge in [-0.3, -0.25) is 0 Å². The largest absolute Gasteiger partial charge is 0.465 e. The molecule has 0 N–H and O–H groups in total. The lowest BCUT2D eigenvalue weighted by atomic mass is 10.0. The van der Waals surface area contributed by atoms with Crippen molar-refractivity contribution in [1.29, 1.82) is 0 Å². The maximum Gasteiger partial charge on any atom is 0.338 e. The predicted molar refractivity (Wildman–Crippen MR) is 76.0 cm³/mol. The standard InChI is InChI=1S/C13H8Cl3NO2/c1-19-13(18)10-2-3-17-12(16)11(10)7-4-8(14)6-9(15)5-7/h2-6H,1H3. The number of carbonyl (C=O) groups is 1. The zero-order valence-corrected chi connectivity index (χ0v) is 12.1. The molecular formula is C13H8Cl3NO2. The molecule has 0 amide bonds. The summed E-state index contributed by atoms with van der Waals surface area (Å²) in [5.41, 5.74) is 1.36. The van der Waals surface area contributed by atoms with Crippen LogP contribution in [0.1, 0.15) is 10.4 Å². The van der Waals surface area contributed by atoms with E-state index in [1.165, 1.54) is 19.4 Å². The second kappa shape index (κ2) is 5.78. The molecule has 1 aromatic heterocycles. The van der Waals surface area contributed by atoms with E-state index in [-0.39, 0.29) is 5.15 Å². The van der Waals surface area contributed by atoms with E-state index in [1.807, 2.05) is 0 Å². The van der Waals surface area contributed by atoms with Gasteiger partial charge in [-0.2, -0.15) is 0 Å². The van der Waals surface area contributed by atoms with E-state index in [0.29, 0.717) is 26.7 Å². The number of esters is 1. The quantitative estimate of drug-likeness (QED) is 0.605. The topological polar surface area (TPSA) is 39.2 Å². The van der Waals surface area contributed by atoms with Crippen LogP contribution in [-0.2, 0) is 4.74 Å². The van der Waals surface area contributed by atoms with Crippen LogP contribution >= 0.6 is 34.8 Å². The van der Waals surface area contributed by atoms with Gasteiger partial charge in [0.1, 0.15) is 5.15 Å². The fourth-order valence-corrected chi connectivity index (χ4v) is 2.48. The summed E-state index contributed by atoms with van der Waals surface area (Å²) < 4.78 is 4.72. The Kier molecular flexibility index (Phi) is 4.30. The molecule has 2 aromatic rings. The van der Waals surface area contributed by atoms with Gasteiger partial charge in [-0.1, -0.05) is 34.8 Å². The number of rotatable bonds is 2. The molecule has 0 bridgehead atoms. The first-order valence-electron chi connectivity index (χ1n) is 5.22. The molecule has 1 aromatic carbocycles. The molecule has 0 atom stereocenters. The van der Waals surface area contributed by atoms with E-state index >= 15 is 0 Å². The smallest absolute Gasteiger partial charge is 0.338 e. The Balaban J connectivity index is 2.70. The third kappa shape index (κ3) is 3.00. The minimum absolute atomic E-state index is 0.182. The van der Waals surface area contributed by atoms with Crippen molar-refractivity contribution in [1.82, 2.24) is 4.98 Å². The first kappa shape index (κ1) is 14.1. The summed E-state index contributed by atoms with van der Waals surface area (Å²) in [6.07, 6.45) is 1.43. The van der Waals surface area contributed by atoms with E-state index in [1.54, 1.807) is 18.2 Å². The second-order valence-electron chi connectivity index (χ2n) is 3.67.